The van der Waals surface area contributed by atoms with Crippen LogP contribution >= 0.6 is 0 Å². The summed E-state index contributed by atoms with van der Waals surface area (Å²) in [5.74, 6) is 0.804. The lowest BCUT2D eigenvalue weighted by Crippen LogP contribution is -2.30. The number of pyridine rings is 1. The van der Waals surface area contributed by atoms with Crippen LogP contribution in [0.25, 0.3) is 5.82 Å². The molecule has 0 aliphatic heterocycles. The Morgan fingerprint density at radius 1 is 1.25 bits per heavy atom. The monoisotopic (exact) mass is 272 g/mol. The SMILES string of the molecule is CC(C)NC(=O)c1cnn(-c2ccccn2)c1C(C)C. The Kier molecular flexibility index (Phi) is 4.17. The van der Waals surface area contributed by atoms with Crippen LogP contribution in [0.15, 0.2) is 30.6 Å². The number of carbonyl (C=O) groups excluding carboxylic acids is 1. The number of aromatic nitrogens is 3. The van der Waals surface area contributed by atoms with Crippen molar-refractivity contribution in [3.63, 3.8) is 0 Å². The number of rotatable bonds is 4. The molecule has 2 heterocycles. The van der Waals surface area contributed by atoms with Gasteiger partial charge in [-0.1, -0.05) is 19.9 Å². The summed E-state index contributed by atoms with van der Waals surface area (Å²) >= 11 is 0. The van der Waals surface area contributed by atoms with Crippen LogP contribution < -0.4 is 5.32 Å². The highest BCUT2D eigenvalue weighted by Crippen LogP contribution is 2.22. The van der Waals surface area contributed by atoms with Crippen molar-refractivity contribution in [1.82, 2.24) is 20.1 Å². The third-order valence-corrected chi connectivity index (χ3v) is 2.88. The molecular formula is C15H20N4O. The van der Waals surface area contributed by atoms with Gasteiger partial charge in [-0.15, -0.1) is 0 Å². The molecule has 0 spiro atoms. The zero-order valence-corrected chi connectivity index (χ0v) is 12.3. The standard InChI is InChI=1S/C15H20N4O/c1-10(2)14-12(15(20)18-11(3)4)9-17-19(14)13-7-5-6-8-16-13/h5-11H,1-4H3,(H,18,20). The van der Waals surface area contributed by atoms with Crippen molar-refractivity contribution in [1.29, 1.82) is 0 Å². The van der Waals surface area contributed by atoms with Crippen molar-refractivity contribution in [2.24, 2.45) is 0 Å². The maximum absolute atomic E-state index is 12.2. The highest BCUT2D eigenvalue weighted by molar-refractivity contribution is 5.95. The highest BCUT2D eigenvalue weighted by Gasteiger charge is 2.21. The quantitative estimate of drug-likeness (QED) is 0.930. The van der Waals surface area contributed by atoms with Crippen LogP contribution in [0.4, 0.5) is 0 Å². The van der Waals surface area contributed by atoms with E-state index < -0.39 is 0 Å². The molecule has 0 fully saturated rings. The molecule has 5 nitrogen and oxygen atoms in total. The smallest absolute Gasteiger partial charge is 0.254 e. The summed E-state index contributed by atoms with van der Waals surface area (Å²) in [7, 11) is 0. The van der Waals surface area contributed by atoms with E-state index in [9.17, 15) is 4.79 Å². The van der Waals surface area contributed by atoms with Gasteiger partial charge < -0.3 is 5.32 Å². The van der Waals surface area contributed by atoms with Gasteiger partial charge in [0.05, 0.1) is 17.5 Å². The lowest BCUT2D eigenvalue weighted by molar-refractivity contribution is 0.0941. The number of hydrogen-bond acceptors (Lipinski definition) is 3. The molecular weight excluding hydrogens is 252 g/mol. The van der Waals surface area contributed by atoms with Crippen molar-refractivity contribution in [3.05, 3.63) is 41.9 Å². The fourth-order valence-electron chi connectivity index (χ4n) is 2.09. The predicted octanol–water partition coefficient (Wildman–Crippen LogP) is 2.53. The Morgan fingerprint density at radius 3 is 2.55 bits per heavy atom. The molecule has 5 heteroatoms. The molecule has 2 aromatic heterocycles. The Hall–Kier alpha value is -2.17. The summed E-state index contributed by atoms with van der Waals surface area (Å²) in [4.78, 5) is 16.5. The van der Waals surface area contributed by atoms with Crippen LogP contribution in [0.3, 0.4) is 0 Å². The fraction of sp³-hybridized carbons (Fsp3) is 0.400. The van der Waals surface area contributed by atoms with Crippen molar-refractivity contribution in [2.45, 2.75) is 39.7 Å². The van der Waals surface area contributed by atoms with Gasteiger partial charge in [-0.05, 0) is 31.9 Å². The summed E-state index contributed by atoms with van der Waals surface area (Å²) in [6.07, 6.45) is 3.33. The maximum Gasteiger partial charge on any atom is 0.254 e. The van der Waals surface area contributed by atoms with E-state index in [0.29, 0.717) is 5.56 Å². The number of hydrogen-bond donors (Lipinski definition) is 1. The average Bonchev–Trinajstić information content (AvgIpc) is 2.83. The van der Waals surface area contributed by atoms with Crippen molar-refractivity contribution in [2.75, 3.05) is 0 Å². The normalized spacial score (nSPS) is 11.1. The van der Waals surface area contributed by atoms with Gasteiger partial charge in [0.25, 0.3) is 5.91 Å². The second-order valence-corrected chi connectivity index (χ2v) is 5.33. The predicted molar refractivity (Wildman–Crippen MR) is 78.1 cm³/mol. The number of nitrogens with one attached hydrogen (secondary N) is 1. The molecule has 0 atom stereocenters. The molecule has 1 amide bonds. The fourth-order valence-corrected chi connectivity index (χ4v) is 2.09. The first kappa shape index (κ1) is 14.2. The van der Waals surface area contributed by atoms with Gasteiger partial charge in [-0.3, -0.25) is 4.79 Å². The van der Waals surface area contributed by atoms with Crippen LogP contribution in [0.5, 0.6) is 0 Å². The molecule has 0 unspecified atom stereocenters. The molecule has 106 valence electrons. The Labute approximate surface area is 119 Å². The van der Waals surface area contributed by atoms with Crippen molar-refractivity contribution < 1.29 is 4.79 Å². The Bertz CT molecular complexity index is 587. The molecule has 0 saturated carbocycles. The zero-order valence-electron chi connectivity index (χ0n) is 12.3. The van der Waals surface area contributed by atoms with Gasteiger partial charge in [0.15, 0.2) is 5.82 Å². The van der Waals surface area contributed by atoms with Gasteiger partial charge in [-0.2, -0.15) is 5.10 Å². The number of nitrogens with zero attached hydrogens (tertiary/aromatic N) is 3. The molecule has 20 heavy (non-hydrogen) atoms. The van der Waals surface area contributed by atoms with Crippen LogP contribution in [0, 0.1) is 0 Å². The molecule has 0 aliphatic carbocycles. The van der Waals surface area contributed by atoms with E-state index in [1.165, 1.54) is 0 Å². The zero-order chi connectivity index (χ0) is 14.7. The summed E-state index contributed by atoms with van der Waals surface area (Å²) in [6, 6.07) is 5.74. The molecule has 0 aliphatic rings. The summed E-state index contributed by atoms with van der Waals surface area (Å²) in [5.41, 5.74) is 1.49. The van der Waals surface area contributed by atoms with E-state index in [1.54, 1.807) is 17.1 Å². The van der Waals surface area contributed by atoms with Crippen LogP contribution in [-0.4, -0.2) is 26.7 Å². The largest absolute Gasteiger partial charge is 0.350 e. The molecule has 0 saturated heterocycles. The number of amides is 1. The Morgan fingerprint density at radius 2 is 2.00 bits per heavy atom. The lowest BCUT2D eigenvalue weighted by atomic mass is 10.1. The van der Waals surface area contributed by atoms with E-state index in [2.05, 4.69) is 15.4 Å². The van der Waals surface area contributed by atoms with Crippen LogP contribution in [0.1, 0.15) is 49.7 Å². The molecule has 0 aromatic carbocycles. The van der Waals surface area contributed by atoms with E-state index >= 15 is 0 Å². The highest BCUT2D eigenvalue weighted by atomic mass is 16.1. The lowest BCUT2D eigenvalue weighted by Gasteiger charge is -2.13. The minimum atomic E-state index is -0.0918. The van der Waals surface area contributed by atoms with Crippen LogP contribution in [0.2, 0.25) is 0 Å². The van der Waals surface area contributed by atoms with Crippen molar-refractivity contribution in [3.8, 4) is 5.82 Å². The van der Waals surface area contributed by atoms with E-state index in [-0.39, 0.29) is 17.9 Å². The third kappa shape index (κ3) is 2.87. The topological polar surface area (TPSA) is 59.8 Å². The molecule has 1 N–H and O–H groups in total. The Balaban J connectivity index is 2.46. The van der Waals surface area contributed by atoms with Gasteiger partial charge in [0.2, 0.25) is 0 Å². The first-order valence-electron chi connectivity index (χ1n) is 6.81. The second-order valence-electron chi connectivity index (χ2n) is 5.33. The maximum atomic E-state index is 12.2. The van der Waals surface area contributed by atoms with Crippen molar-refractivity contribution >= 4 is 5.91 Å². The first-order chi connectivity index (χ1) is 9.50. The average molecular weight is 272 g/mol. The van der Waals surface area contributed by atoms with E-state index in [0.717, 1.165) is 11.5 Å². The molecule has 0 radical (unpaired) electrons. The summed E-state index contributed by atoms with van der Waals surface area (Å²) < 4.78 is 1.74. The van der Waals surface area contributed by atoms with E-state index in [4.69, 9.17) is 0 Å². The van der Waals surface area contributed by atoms with Gasteiger partial charge in [0, 0.05) is 12.2 Å². The molecule has 0 bridgehead atoms. The van der Waals surface area contributed by atoms with Crippen LogP contribution in [-0.2, 0) is 0 Å². The molecule has 2 aromatic rings. The number of carbonyl (C=O) groups is 1. The first-order valence-corrected chi connectivity index (χ1v) is 6.81. The van der Waals surface area contributed by atoms with Gasteiger partial charge in [0.1, 0.15) is 0 Å². The summed E-state index contributed by atoms with van der Waals surface area (Å²) in [6.45, 7) is 7.97. The second kappa shape index (κ2) is 5.86. The summed E-state index contributed by atoms with van der Waals surface area (Å²) in [5, 5.41) is 7.24. The van der Waals surface area contributed by atoms with Gasteiger partial charge in [-0.25, -0.2) is 9.67 Å². The minimum absolute atomic E-state index is 0.0918. The third-order valence-electron chi connectivity index (χ3n) is 2.88. The van der Waals surface area contributed by atoms with Gasteiger partial charge >= 0.3 is 0 Å². The minimum Gasteiger partial charge on any atom is -0.350 e. The molecule has 2 rings (SSSR count). The van der Waals surface area contributed by atoms with E-state index in [1.807, 2.05) is 45.9 Å².